The summed E-state index contributed by atoms with van der Waals surface area (Å²) in [5, 5.41) is 3.91. The highest BCUT2D eigenvalue weighted by atomic mass is 35.5. The van der Waals surface area contributed by atoms with Crippen LogP contribution in [0.15, 0.2) is 33.9 Å². The van der Waals surface area contributed by atoms with Crippen LogP contribution in [-0.4, -0.2) is 9.13 Å². The van der Waals surface area contributed by atoms with Crippen molar-refractivity contribution in [3.8, 4) is 0 Å². The molecule has 0 amide bonds. The first-order valence-electron chi connectivity index (χ1n) is 5.85. The summed E-state index contributed by atoms with van der Waals surface area (Å²) in [5.41, 5.74) is 0.495. The third kappa shape index (κ3) is 2.73. The smallest absolute Gasteiger partial charge is 0.330 e. The van der Waals surface area contributed by atoms with Gasteiger partial charge in [0.1, 0.15) is 0 Å². The molecule has 0 saturated heterocycles. The molecule has 2 rings (SSSR count). The summed E-state index contributed by atoms with van der Waals surface area (Å²) >= 11 is 12.0. The van der Waals surface area contributed by atoms with Crippen LogP contribution in [0, 0.1) is 0 Å². The van der Waals surface area contributed by atoms with Gasteiger partial charge in [0.05, 0.1) is 22.3 Å². The van der Waals surface area contributed by atoms with Gasteiger partial charge in [-0.1, -0.05) is 29.3 Å². The molecule has 1 heterocycles. The van der Waals surface area contributed by atoms with Crippen molar-refractivity contribution in [1.29, 1.82) is 0 Å². The molecule has 2 aromatic rings. The fraction of sp³-hybridized carbons (Fsp3) is 0.231. The minimum absolute atomic E-state index is 0.294. The molecule has 0 aliphatic heterocycles. The van der Waals surface area contributed by atoms with Gasteiger partial charge >= 0.3 is 5.69 Å². The van der Waals surface area contributed by atoms with E-state index in [0.29, 0.717) is 28.0 Å². The van der Waals surface area contributed by atoms with Crippen molar-refractivity contribution < 1.29 is 0 Å². The third-order valence-electron chi connectivity index (χ3n) is 3.04. The average Bonchev–Trinajstić information content (AvgIpc) is 2.43. The van der Waals surface area contributed by atoms with Crippen LogP contribution in [0.4, 0.5) is 5.69 Å². The van der Waals surface area contributed by atoms with Gasteiger partial charge in [-0.2, -0.15) is 0 Å². The second-order valence-electron chi connectivity index (χ2n) is 4.33. The standard InChI is InChI=1S/C13H13Cl2N3O2/c1-17-8(6-11(19)18(2)13(17)20)7-16-10-5-3-4-9(14)12(10)15/h3-6,16H,7H2,1-2H3. The lowest BCUT2D eigenvalue weighted by Gasteiger charge is -2.12. The maximum atomic E-state index is 11.8. The summed E-state index contributed by atoms with van der Waals surface area (Å²) in [7, 11) is 3.05. The molecule has 0 saturated carbocycles. The number of hydrogen-bond donors (Lipinski definition) is 1. The molecule has 0 unspecified atom stereocenters. The van der Waals surface area contributed by atoms with E-state index in [0.717, 1.165) is 4.57 Å². The lowest BCUT2D eigenvalue weighted by Crippen LogP contribution is -2.38. The van der Waals surface area contributed by atoms with Gasteiger partial charge in [-0.05, 0) is 12.1 Å². The summed E-state index contributed by atoms with van der Waals surface area (Å²) in [6, 6.07) is 6.63. The summed E-state index contributed by atoms with van der Waals surface area (Å²) in [6.07, 6.45) is 0. The lowest BCUT2D eigenvalue weighted by atomic mass is 10.3. The van der Waals surface area contributed by atoms with Crippen molar-refractivity contribution in [2.24, 2.45) is 14.1 Å². The number of rotatable bonds is 3. The molecule has 20 heavy (non-hydrogen) atoms. The monoisotopic (exact) mass is 313 g/mol. The third-order valence-corrected chi connectivity index (χ3v) is 3.86. The number of halogens is 2. The first kappa shape index (κ1) is 14.7. The minimum Gasteiger partial charge on any atom is -0.378 e. The SMILES string of the molecule is Cn1c(CNc2cccc(Cl)c2Cl)cc(=O)n(C)c1=O. The molecule has 0 spiro atoms. The maximum absolute atomic E-state index is 11.8. The highest BCUT2D eigenvalue weighted by Gasteiger charge is 2.08. The van der Waals surface area contributed by atoms with Gasteiger partial charge in [0, 0.05) is 25.9 Å². The Labute approximate surface area is 125 Å². The maximum Gasteiger partial charge on any atom is 0.330 e. The zero-order chi connectivity index (χ0) is 14.9. The molecular weight excluding hydrogens is 301 g/mol. The van der Waals surface area contributed by atoms with Gasteiger partial charge < -0.3 is 5.32 Å². The van der Waals surface area contributed by atoms with Crippen LogP contribution in [-0.2, 0) is 20.6 Å². The summed E-state index contributed by atoms with van der Waals surface area (Å²) in [5.74, 6) is 0. The van der Waals surface area contributed by atoms with Crippen LogP contribution >= 0.6 is 23.2 Å². The quantitative estimate of drug-likeness (QED) is 0.943. The predicted octanol–water partition coefficient (Wildman–Crippen LogP) is 2.00. The molecule has 0 fully saturated rings. The molecule has 7 heteroatoms. The van der Waals surface area contributed by atoms with Gasteiger partial charge in [-0.25, -0.2) is 4.79 Å². The van der Waals surface area contributed by atoms with E-state index in [9.17, 15) is 9.59 Å². The number of aromatic nitrogens is 2. The van der Waals surface area contributed by atoms with E-state index in [1.165, 1.54) is 17.7 Å². The van der Waals surface area contributed by atoms with Crippen LogP contribution in [0.5, 0.6) is 0 Å². The van der Waals surface area contributed by atoms with E-state index in [2.05, 4.69) is 5.32 Å². The van der Waals surface area contributed by atoms with Gasteiger partial charge in [-0.15, -0.1) is 0 Å². The number of benzene rings is 1. The summed E-state index contributed by atoms with van der Waals surface area (Å²) < 4.78 is 2.46. The molecule has 0 bridgehead atoms. The Morgan fingerprint density at radius 1 is 1.15 bits per heavy atom. The first-order valence-corrected chi connectivity index (χ1v) is 6.61. The molecule has 0 atom stereocenters. The molecule has 0 aliphatic carbocycles. The van der Waals surface area contributed by atoms with E-state index >= 15 is 0 Å². The Morgan fingerprint density at radius 3 is 2.55 bits per heavy atom. The highest BCUT2D eigenvalue weighted by molar-refractivity contribution is 6.43. The zero-order valence-corrected chi connectivity index (χ0v) is 12.5. The van der Waals surface area contributed by atoms with Crippen LogP contribution in [0.3, 0.4) is 0 Å². The van der Waals surface area contributed by atoms with Crippen LogP contribution in [0.1, 0.15) is 5.69 Å². The molecule has 1 N–H and O–H groups in total. The Kier molecular flexibility index (Phi) is 4.20. The van der Waals surface area contributed by atoms with E-state index in [4.69, 9.17) is 23.2 Å². The topological polar surface area (TPSA) is 56.0 Å². The molecule has 1 aromatic heterocycles. The predicted molar refractivity (Wildman–Crippen MR) is 80.7 cm³/mol. The fourth-order valence-corrected chi connectivity index (χ4v) is 2.14. The minimum atomic E-state index is -0.369. The summed E-state index contributed by atoms with van der Waals surface area (Å²) in [6.45, 7) is 0.294. The average molecular weight is 314 g/mol. The van der Waals surface area contributed by atoms with E-state index in [1.807, 2.05) is 0 Å². The largest absolute Gasteiger partial charge is 0.378 e. The molecule has 0 aliphatic rings. The zero-order valence-electron chi connectivity index (χ0n) is 11.0. The van der Waals surface area contributed by atoms with Crippen molar-refractivity contribution >= 4 is 28.9 Å². The van der Waals surface area contributed by atoms with Crippen LogP contribution in [0.25, 0.3) is 0 Å². The second-order valence-corrected chi connectivity index (χ2v) is 5.11. The van der Waals surface area contributed by atoms with Crippen molar-refractivity contribution in [3.05, 3.63) is 60.8 Å². The van der Waals surface area contributed by atoms with Crippen molar-refractivity contribution in [1.82, 2.24) is 9.13 Å². The van der Waals surface area contributed by atoms with Crippen molar-refractivity contribution in [2.75, 3.05) is 5.32 Å². The van der Waals surface area contributed by atoms with Crippen molar-refractivity contribution in [2.45, 2.75) is 6.54 Å². The normalized spacial score (nSPS) is 10.6. The molecular formula is C13H13Cl2N3O2. The number of nitrogens with zero attached hydrogens (tertiary/aromatic N) is 2. The van der Waals surface area contributed by atoms with Crippen LogP contribution < -0.4 is 16.6 Å². The van der Waals surface area contributed by atoms with E-state index < -0.39 is 0 Å². The Bertz CT molecular complexity index is 765. The van der Waals surface area contributed by atoms with E-state index in [-0.39, 0.29) is 11.2 Å². The second kappa shape index (κ2) is 5.73. The van der Waals surface area contributed by atoms with Crippen molar-refractivity contribution in [3.63, 3.8) is 0 Å². The van der Waals surface area contributed by atoms with Crippen LogP contribution in [0.2, 0.25) is 10.0 Å². The number of hydrogen-bond acceptors (Lipinski definition) is 3. The Hall–Kier alpha value is -1.72. The summed E-state index contributed by atoms with van der Waals surface area (Å²) in [4.78, 5) is 23.4. The Balaban J connectivity index is 2.31. The van der Waals surface area contributed by atoms with Gasteiger partial charge in [0.2, 0.25) is 0 Å². The number of anilines is 1. The lowest BCUT2D eigenvalue weighted by molar-refractivity contribution is 0.655. The van der Waals surface area contributed by atoms with Gasteiger partial charge in [0.15, 0.2) is 0 Å². The van der Waals surface area contributed by atoms with E-state index in [1.54, 1.807) is 25.2 Å². The first-order chi connectivity index (χ1) is 9.41. The van der Waals surface area contributed by atoms with Gasteiger partial charge in [-0.3, -0.25) is 13.9 Å². The molecule has 0 radical (unpaired) electrons. The molecule has 106 valence electrons. The molecule has 5 nitrogen and oxygen atoms in total. The number of nitrogens with one attached hydrogen (secondary N) is 1. The molecule has 1 aromatic carbocycles. The Morgan fingerprint density at radius 2 is 1.85 bits per heavy atom. The van der Waals surface area contributed by atoms with Gasteiger partial charge in [0.25, 0.3) is 5.56 Å². The highest BCUT2D eigenvalue weighted by Crippen LogP contribution is 2.29. The fourth-order valence-electron chi connectivity index (χ4n) is 1.77.